The molecule has 0 spiro atoms. The van der Waals surface area contributed by atoms with Crippen LogP contribution in [0.1, 0.15) is 20.3 Å². The maximum absolute atomic E-state index is 10.8. The molecule has 0 fully saturated rings. The number of aliphatic carboxylic acids is 1. The predicted molar refractivity (Wildman–Crippen MR) is 55.3 cm³/mol. The maximum atomic E-state index is 10.8. The number of carboxylic acids is 1. The fourth-order valence-electron chi connectivity index (χ4n) is 0.946. The van der Waals surface area contributed by atoms with E-state index in [2.05, 4.69) is 5.32 Å². The van der Waals surface area contributed by atoms with Crippen LogP contribution in [0, 0.1) is 5.92 Å². The number of hydrogen-bond donors (Lipinski definition) is 3. The highest BCUT2D eigenvalue weighted by atomic mass is 35.5. The van der Waals surface area contributed by atoms with E-state index in [0.717, 1.165) is 0 Å². The molecule has 0 rings (SSSR count). The molecule has 0 aromatic rings. The Morgan fingerprint density at radius 3 is 2.21 bits per heavy atom. The van der Waals surface area contributed by atoms with Crippen LogP contribution in [0.2, 0.25) is 0 Å². The lowest BCUT2D eigenvalue weighted by molar-refractivity contribution is -0.142. The van der Waals surface area contributed by atoms with Crippen molar-refractivity contribution in [2.24, 2.45) is 11.7 Å². The quantitative estimate of drug-likeness (QED) is 0.612. The topological polar surface area (TPSA) is 92.4 Å². The van der Waals surface area contributed by atoms with Gasteiger partial charge in [-0.25, -0.2) is 4.79 Å². The van der Waals surface area contributed by atoms with Crippen molar-refractivity contribution in [1.29, 1.82) is 0 Å². The standard InChI is InChI=1S/C8H16N2O3.ClH/c1-5(2)3-6(8(12)13)10-7(11)4-9;/h5-6H,3-4,9H2,1-2H3,(H,10,11)(H,12,13);1H/t6-;/m1./s1. The molecule has 84 valence electrons. The van der Waals surface area contributed by atoms with Crippen molar-refractivity contribution < 1.29 is 14.7 Å². The number of carboxylic acid groups (broad SMARTS) is 1. The van der Waals surface area contributed by atoms with Crippen LogP contribution in [0.5, 0.6) is 0 Å². The minimum absolute atomic E-state index is 0. The first-order valence-corrected chi connectivity index (χ1v) is 4.19. The first kappa shape index (κ1) is 15.7. The number of hydrogen-bond acceptors (Lipinski definition) is 3. The van der Waals surface area contributed by atoms with Crippen molar-refractivity contribution in [3.05, 3.63) is 0 Å². The van der Waals surface area contributed by atoms with Crippen molar-refractivity contribution in [2.75, 3.05) is 6.54 Å². The summed E-state index contributed by atoms with van der Waals surface area (Å²) >= 11 is 0. The summed E-state index contributed by atoms with van der Waals surface area (Å²) in [6.45, 7) is 3.61. The Bertz CT molecular complexity index is 197. The van der Waals surface area contributed by atoms with Gasteiger partial charge >= 0.3 is 5.97 Å². The van der Waals surface area contributed by atoms with Gasteiger partial charge in [-0.05, 0) is 12.3 Å². The van der Waals surface area contributed by atoms with Crippen molar-refractivity contribution in [2.45, 2.75) is 26.3 Å². The Hall–Kier alpha value is -0.810. The highest BCUT2D eigenvalue weighted by Crippen LogP contribution is 2.04. The van der Waals surface area contributed by atoms with Crippen molar-refractivity contribution >= 4 is 24.3 Å². The van der Waals surface area contributed by atoms with E-state index in [4.69, 9.17) is 10.8 Å². The summed E-state index contributed by atoms with van der Waals surface area (Å²) in [7, 11) is 0. The smallest absolute Gasteiger partial charge is 0.326 e. The number of carbonyl (C=O) groups excluding carboxylic acids is 1. The predicted octanol–water partition coefficient (Wildman–Crippen LogP) is -0.0176. The van der Waals surface area contributed by atoms with Crippen LogP contribution < -0.4 is 11.1 Å². The summed E-state index contributed by atoms with van der Waals surface area (Å²) in [5.41, 5.74) is 5.05. The van der Waals surface area contributed by atoms with Gasteiger partial charge in [0.1, 0.15) is 6.04 Å². The molecule has 0 aliphatic heterocycles. The third kappa shape index (κ3) is 6.68. The molecule has 5 nitrogen and oxygen atoms in total. The highest BCUT2D eigenvalue weighted by molar-refractivity contribution is 5.85. The van der Waals surface area contributed by atoms with E-state index in [9.17, 15) is 9.59 Å². The van der Waals surface area contributed by atoms with Crippen molar-refractivity contribution in [1.82, 2.24) is 5.32 Å². The Morgan fingerprint density at radius 1 is 1.43 bits per heavy atom. The zero-order valence-corrected chi connectivity index (χ0v) is 9.13. The van der Waals surface area contributed by atoms with Gasteiger partial charge < -0.3 is 16.2 Å². The van der Waals surface area contributed by atoms with Crippen LogP contribution in [-0.4, -0.2) is 29.6 Å². The molecule has 0 aromatic carbocycles. The molecule has 0 saturated heterocycles. The lowest BCUT2D eigenvalue weighted by Crippen LogP contribution is -2.44. The van der Waals surface area contributed by atoms with E-state index >= 15 is 0 Å². The molecule has 1 atom stereocenters. The van der Waals surface area contributed by atoms with Gasteiger partial charge in [0, 0.05) is 0 Å². The van der Waals surface area contributed by atoms with Crippen LogP contribution in [0.15, 0.2) is 0 Å². The summed E-state index contributed by atoms with van der Waals surface area (Å²) in [5.74, 6) is -1.23. The molecule has 1 amide bonds. The molecule has 4 N–H and O–H groups in total. The molecule has 0 aliphatic rings. The molecule has 0 radical (unpaired) electrons. The summed E-state index contributed by atoms with van der Waals surface area (Å²) < 4.78 is 0. The van der Waals surface area contributed by atoms with E-state index < -0.39 is 17.9 Å². The molecule has 0 aromatic heterocycles. The average Bonchev–Trinajstić information content (AvgIpc) is 2.02. The Balaban J connectivity index is 0. The number of rotatable bonds is 5. The molecular formula is C8H17ClN2O3. The monoisotopic (exact) mass is 224 g/mol. The van der Waals surface area contributed by atoms with Gasteiger partial charge in [0.15, 0.2) is 0 Å². The number of nitrogens with one attached hydrogen (secondary N) is 1. The average molecular weight is 225 g/mol. The summed E-state index contributed by atoms with van der Waals surface area (Å²) in [4.78, 5) is 21.4. The van der Waals surface area contributed by atoms with Gasteiger partial charge in [-0.15, -0.1) is 12.4 Å². The molecular weight excluding hydrogens is 208 g/mol. The summed E-state index contributed by atoms with van der Waals surface area (Å²) in [5, 5.41) is 11.0. The van der Waals surface area contributed by atoms with Gasteiger partial charge in [-0.2, -0.15) is 0 Å². The molecule has 0 aliphatic carbocycles. The van der Waals surface area contributed by atoms with Gasteiger partial charge in [-0.1, -0.05) is 13.8 Å². The number of halogens is 1. The SMILES string of the molecule is CC(C)C[C@@H](NC(=O)CN)C(=O)O.Cl. The summed E-state index contributed by atoms with van der Waals surface area (Å²) in [6.07, 6.45) is 0.418. The normalized spacial score (nSPS) is 11.7. The molecule has 0 unspecified atom stereocenters. The molecule has 0 heterocycles. The number of carbonyl (C=O) groups is 2. The van der Waals surface area contributed by atoms with Crippen LogP contribution in [0.3, 0.4) is 0 Å². The van der Waals surface area contributed by atoms with E-state index in [-0.39, 0.29) is 24.9 Å². The second-order valence-corrected chi connectivity index (χ2v) is 3.29. The molecule has 6 heteroatoms. The van der Waals surface area contributed by atoms with Gasteiger partial charge in [0.2, 0.25) is 5.91 Å². The van der Waals surface area contributed by atoms with E-state index in [0.29, 0.717) is 6.42 Å². The number of amides is 1. The zero-order chi connectivity index (χ0) is 10.4. The fourth-order valence-corrected chi connectivity index (χ4v) is 0.946. The first-order valence-electron chi connectivity index (χ1n) is 4.19. The van der Waals surface area contributed by atoms with Crippen molar-refractivity contribution in [3.63, 3.8) is 0 Å². The minimum atomic E-state index is -1.02. The highest BCUT2D eigenvalue weighted by Gasteiger charge is 2.19. The number of nitrogens with two attached hydrogens (primary N) is 1. The van der Waals surface area contributed by atoms with Crippen LogP contribution >= 0.6 is 12.4 Å². The maximum Gasteiger partial charge on any atom is 0.326 e. The molecule has 0 saturated carbocycles. The Labute approximate surface area is 89.5 Å². The van der Waals surface area contributed by atoms with E-state index in [1.165, 1.54) is 0 Å². The minimum Gasteiger partial charge on any atom is -0.480 e. The van der Waals surface area contributed by atoms with Gasteiger partial charge in [-0.3, -0.25) is 4.79 Å². The van der Waals surface area contributed by atoms with Crippen LogP contribution in [0.25, 0.3) is 0 Å². The first-order chi connectivity index (χ1) is 5.97. The van der Waals surface area contributed by atoms with Crippen LogP contribution in [-0.2, 0) is 9.59 Å². The van der Waals surface area contributed by atoms with E-state index in [1.807, 2.05) is 13.8 Å². The summed E-state index contributed by atoms with van der Waals surface area (Å²) in [6, 6.07) is -0.823. The molecule has 0 bridgehead atoms. The lowest BCUT2D eigenvalue weighted by atomic mass is 10.0. The van der Waals surface area contributed by atoms with Crippen LogP contribution in [0.4, 0.5) is 0 Å². The largest absolute Gasteiger partial charge is 0.480 e. The zero-order valence-electron chi connectivity index (χ0n) is 8.32. The van der Waals surface area contributed by atoms with Gasteiger partial charge in [0.25, 0.3) is 0 Å². The second kappa shape index (κ2) is 7.58. The second-order valence-electron chi connectivity index (χ2n) is 3.29. The third-order valence-corrected chi connectivity index (χ3v) is 1.53. The fraction of sp³-hybridized carbons (Fsp3) is 0.750. The lowest BCUT2D eigenvalue weighted by Gasteiger charge is -2.15. The van der Waals surface area contributed by atoms with E-state index in [1.54, 1.807) is 0 Å². The van der Waals surface area contributed by atoms with Gasteiger partial charge in [0.05, 0.1) is 6.54 Å². The molecule has 14 heavy (non-hydrogen) atoms. The van der Waals surface area contributed by atoms with Crippen molar-refractivity contribution in [3.8, 4) is 0 Å². The Kier molecular flexibility index (Phi) is 8.48. The Morgan fingerprint density at radius 2 is 1.93 bits per heavy atom. The third-order valence-electron chi connectivity index (χ3n) is 1.53.